The van der Waals surface area contributed by atoms with Gasteiger partial charge in [0.2, 0.25) is 0 Å². The summed E-state index contributed by atoms with van der Waals surface area (Å²) < 4.78 is 5.85. The summed E-state index contributed by atoms with van der Waals surface area (Å²) in [5.74, 6) is -0.644. The maximum Gasteiger partial charge on any atom is 0.350 e. The Bertz CT molecular complexity index is 953. The molecule has 1 N–H and O–H groups in total. The molecule has 0 spiro atoms. The summed E-state index contributed by atoms with van der Waals surface area (Å²) in [5.41, 5.74) is 0.814. The van der Waals surface area contributed by atoms with Crippen LogP contribution in [0.25, 0.3) is 21.0 Å². The monoisotopic (exact) mass is 323 g/mol. The van der Waals surface area contributed by atoms with Crippen LogP contribution in [0.15, 0.2) is 48.2 Å². The van der Waals surface area contributed by atoms with E-state index in [0.29, 0.717) is 5.13 Å². The first kappa shape index (κ1) is 15.0. The summed E-state index contributed by atoms with van der Waals surface area (Å²) in [7, 11) is 0. The number of hydrogen-bond donors (Lipinski definition) is 1. The average Bonchev–Trinajstić information content (AvgIpc) is 2.99. The Kier molecular flexibility index (Phi) is 4.22. The minimum absolute atomic E-state index is 0.0871. The van der Waals surface area contributed by atoms with Gasteiger partial charge in [0.25, 0.3) is 0 Å². The molecule has 0 aliphatic rings. The second kappa shape index (κ2) is 6.46. The Morgan fingerprint density at radius 1 is 1.39 bits per heavy atom. The van der Waals surface area contributed by atoms with Gasteiger partial charge in [0.05, 0.1) is 16.8 Å². The van der Waals surface area contributed by atoms with E-state index in [0.717, 1.165) is 21.0 Å². The molecule has 0 saturated carbocycles. The average molecular weight is 323 g/mol. The number of nitrogens with one attached hydrogen (secondary N) is 1. The third-order valence-corrected chi connectivity index (χ3v) is 4.19. The van der Waals surface area contributed by atoms with E-state index < -0.39 is 5.97 Å². The number of aromatic nitrogens is 1. The third-order valence-electron chi connectivity index (χ3n) is 3.24. The van der Waals surface area contributed by atoms with E-state index >= 15 is 0 Å². The van der Waals surface area contributed by atoms with Gasteiger partial charge in [-0.05, 0) is 18.4 Å². The lowest BCUT2D eigenvalue weighted by molar-refractivity contribution is -0.138. The molecule has 5 nitrogen and oxygen atoms in total. The van der Waals surface area contributed by atoms with E-state index in [-0.39, 0.29) is 12.2 Å². The quantitative estimate of drug-likeness (QED) is 0.448. The van der Waals surface area contributed by atoms with Crippen molar-refractivity contribution in [2.45, 2.75) is 6.92 Å². The summed E-state index contributed by atoms with van der Waals surface area (Å²) in [6.45, 7) is 1.92. The van der Waals surface area contributed by atoms with Gasteiger partial charge in [-0.25, -0.2) is 9.78 Å². The number of anilines is 1. The fraction of sp³-hybridized carbons (Fsp3) is 0.118. The van der Waals surface area contributed by atoms with Crippen molar-refractivity contribution in [3.63, 3.8) is 0 Å². The molecule has 3 rings (SSSR count). The van der Waals surface area contributed by atoms with Gasteiger partial charge in [0, 0.05) is 11.6 Å². The van der Waals surface area contributed by atoms with Crippen LogP contribution in [0.3, 0.4) is 0 Å². The van der Waals surface area contributed by atoms with Crippen molar-refractivity contribution in [3.05, 3.63) is 48.2 Å². The lowest BCUT2D eigenvalue weighted by Crippen LogP contribution is -2.07. The molecular weight excluding hydrogens is 310 g/mol. The van der Waals surface area contributed by atoms with Crippen LogP contribution < -0.4 is 5.32 Å². The smallest absolute Gasteiger partial charge is 0.350 e. The zero-order chi connectivity index (χ0) is 16.2. The van der Waals surface area contributed by atoms with Crippen molar-refractivity contribution < 1.29 is 9.53 Å². The molecule has 0 fully saturated rings. The molecule has 0 aliphatic heterocycles. The summed E-state index contributed by atoms with van der Waals surface area (Å²) in [6, 6.07) is 13.9. The maximum atomic E-state index is 11.6. The molecule has 0 radical (unpaired) electrons. The van der Waals surface area contributed by atoms with Crippen molar-refractivity contribution in [2.75, 3.05) is 11.9 Å². The first-order chi connectivity index (χ1) is 11.2. The van der Waals surface area contributed by atoms with Crippen LogP contribution in [0.1, 0.15) is 6.92 Å². The SMILES string of the molecule is CCOC(=O)/C(C#N)=C/Nc1nc2c(ccc3ccccc32)s1. The molecule has 0 atom stereocenters. The van der Waals surface area contributed by atoms with E-state index in [1.54, 1.807) is 6.92 Å². The molecule has 3 aromatic rings. The number of rotatable bonds is 4. The van der Waals surface area contributed by atoms with Gasteiger partial charge in [0.1, 0.15) is 6.07 Å². The van der Waals surface area contributed by atoms with Crippen LogP contribution in [0.2, 0.25) is 0 Å². The lowest BCUT2D eigenvalue weighted by atomic mass is 10.1. The highest BCUT2D eigenvalue weighted by Gasteiger charge is 2.11. The highest BCUT2D eigenvalue weighted by atomic mass is 32.1. The largest absolute Gasteiger partial charge is 0.462 e. The summed E-state index contributed by atoms with van der Waals surface area (Å²) >= 11 is 1.46. The van der Waals surface area contributed by atoms with Gasteiger partial charge < -0.3 is 10.1 Å². The van der Waals surface area contributed by atoms with Crippen LogP contribution in [0.5, 0.6) is 0 Å². The number of esters is 1. The molecule has 23 heavy (non-hydrogen) atoms. The molecule has 1 aromatic heterocycles. The lowest BCUT2D eigenvalue weighted by Gasteiger charge is -1.99. The van der Waals surface area contributed by atoms with E-state index in [2.05, 4.69) is 16.4 Å². The van der Waals surface area contributed by atoms with Crippen LogP contribution >= 0.6 is 11.3 Å². The predicted molar refractivity (Wildman–Crippen MR) is 91.1 cm³/mol. The highest BCUT2D eigenvalue weighted by molar-refractivity contribution is 7.22. The summed E-state index contributed by atoms with van der Waals surface area (Å²) in [6.07, 6.45) is 1.33. The van der Waals surface area contributed by atoms with Crippen molar-refractivity contribution in [3.8, 4) is 6.07 Å². The zero-order valence-electron chi connectivity index (χ0n) is 12.4. The van der Waals surface area contributed by atoms with Crippen molar-refractivity contribution in [1.29, 1.82) is 5.26 Å². The fourth-order valence-corrected chi connectivity index (χ4v) is 3.05. The molecule has 0 bridgehead atoms. The van der Waals surface area contributed by atoms with Gasteiger partial charge >= 0.3 is 5.97 Å². The minimum Gasteiger partial charge on any atom is -0.462 e. The Hall–Kier alpha value is -2.91. The first-order valence-corrected chi connectivity index (χ1v) is 7.86. The van der Waals surface area contributed by atoms with Gasteiger partial charge in [-0.15, -0.1) is 0 Å². The number of hydrogen-bond acceptors (Lipinski definition) is 6. The van der Waals surface area contributed by atoms with Gasteiger partial charge in [0.15, 0.2) is 10.7 Å². The number of nitrogens with zero attached hydrogens (tertiary/aromatic N) is 2. The molecular formula is C17H13N3O2S. The molecule has 1 heterocycles. The highest BCUT2D eigenvalue weighted by Crippen LogP contribution is 2.31. The van der Waals surface area contributed by atoms with Crippen LogP contribution in [0.4, 0.5) is 5.13 Å². The van der Waals surface area contributed by atoms with E-state index in [9.17, 15) is 4.79 Å². The number of benzene rings is 2. The Morgan fingerprint density at radius 2 is 2.22 bits per heavy atom. The Balaban J connectivity index is 1.94. The summed E-state index contributed by atoms with van der Waals surface area (Å²) in [4.78, 5) is 16.1. The Morgan fingerprint density at radius 3 is 3.00 bits per heavy atom. The molecule has 0 amide bonds. The first-order valence-electron chi connectivity index (χ1n) is 7.05. The molecule has 0 aliphatic carbocycles. The topological polar surface area (TPSA) is 75.0 Å². The van der Waals surface area contributed by atoms with Crippen molar-refractivity contribution >= 4 is 43.4 Å². The molecule has 6 heteroatoms. The standard InChI is InChI=1S/C17H13N3O2S/c1-2-22-16(21)12(9-18)10-19-17-20-15-13-6-4-3-5-11(13)7-8-14(15)23-17/h3-8,10H,2H2,1H3,(H,19,20)/b12-10+. The second-order valence-corrected chi connectivity index (χ2v) is 5.72. The predicted octanol–water partition coefficient (Wildman–Crippen LogP) is 3.83. The van der Waals surface area contributed by atoms with Gasteiger partial charge in [-0.2, -0.15) is 5.26 Å². The number of carbonyl (C=O) groups excluding carboxylic acids is 1. The molecule has 0 unspecified atom stereocenters. The van der Waals surface area contributed by atoms with Crippen LogP contribution in [-0.2, 0) is 9.53 Å². The number of nitriles is 1. The van der Waals surface area contributed by atoms with E-state index in [4.69, 9.17) is 10.00 Å². The number of carbonyl (C=O) groups is 1. The second-order valence-electron chi connectivity index (χ2n) is 4.69. The normalized spacial score (nSPS) is 11.4. The third kappa shape index (κ3) is 3.00. The van der Waals surface area contributed by atoms with Crippen LogP contribution in [-0.4, -0.2) is 17.6 Å². The van der Waals surface area contributed by atoms with Gasteiger partial charge in [-0.1, -0.05) is 41.7 Å². The summed E-state index contributed by atoms with van der Waals surface area (Å²) in [5, 5.41) is 14.7. The molecule has 114 valence electrons. The van der Waals surface area contributed by atoms with E-state index in [1.165, 1.54) is 17.5 Å². The molecule has 0 saturated heterocycles. The van der Waals surface area contributed by atoms with Crippen molar-refractivity contribution in [2.24, 2.45) is 0 Å². The number of fused-ring (bicyclic) bond motifs is 3. The van der Waals surface area contributed by atoms with E-state index in [1.807, 2.05) is 36.4 Å². The zero-order valence-corrected chi connectivity index (χ0v) is 13.2. The van der Waals surface area contributed by atoms with Crippen LogP contribution in [0, 0.1) is 11.3 Å². The fourth-order valence-electron chi connectivity index (χ4n) is 2.20. The van der Waals surface area contributed by atoms with Crippen molar-refractivity contribution in [1.82, 2.24) is 4.98 Å². The number of ether oxygens (including phenoxy) is 1. The number of thiazole rings is 1. The maximum absolute atomic E-state index is 11.6. The minimum atomic E-state index is -0.644. The Labute approximate surface area is 136 Å². The molecule has 2 aromatic carbocycles. The van der Waals surface area contributed by atoms with Gasteiger partial charge in [-0.3, -0.25) is 0 Å².